The molecule has 0 unspecified atom stereocenters. The second-order valence-electron chi connectivity index (χ2n) is 4.51. The van der Waals surface area contributed by atoms with Crippen molar-refractivity contribution in [2.75, 3.05) is 14.2 Å². The van der Waals surface area contributed by atoms with E-state index < -0.39 is 0 Å². The zero-order valence-electron chi connectivity index (χ0n) is 11.3. The lowest BCUT2D eigenvalue weighted by Gasteiger charge is -2.08. The molecule has 4 nitrogen and oxygen atoms in total. The van der Waals surface area contributed by atoms with Gasteiger partial charge in [-0.3, -0.25) is 0 Å². The Bertz CT molecular complexity index is 747. The van der Waals surface area contributed by atoms with Crippen LogP contribution in [-0.4, -0.2) is 23.8 Å². The minimum Gasteiger partial charge on any atom is -0.481 e. The standard InChI is InChI=1S/C15H16N2O2/c1-10-15-12(8-14(16-10)19-3)11-6-4-5-7-13(11)17(15)9-18-2/h4-8H,9H2,1-3H3. The van der Waals surface area contributed by atoms with Crippen molar-refractivity contribution >= 4 is 21.8 Å². The Kier molecular flexibility index (Phi) is 2.87. The minimum absolute atomic E-state index is 0.513. The van der Waals surface area contributed by atoms with Crippen molar-refractivity contribution < 1.29 is 9.47 Å². The number of methoxy groups -OCH3 is 2. The smallest absolute Gasteiger partial charge is 0.213 e. The monoisotopic (exact) mass is 256 g/mol. The Morgan fingerprint density at radius 1 is 1.16 bits per heavy atom. The highest BCUT2D eigenvalue weighted by Crippen LogP contribution is 2.32. The first-order chi connectivity index (χ1) is 9.26. The average molecular weight is 256 g/mol. The maximum absolute atomic E-state index is 5.32. The molecule has 4 heteroatoms. The van der Waals surface area contributed by atoms with E-state index >= 15 is 0 Å². The summed E-state index contributed by atoms with van der Waals surface area (Å²) < 4.78 is 12.7. The van der Waals surface area contributed by atoms with Gasteiger partial charge in [-0.2, -0.15) is 0 Å². The third-order valence-electron chi connectivity index (χ3n) is 3.37. The van der Waals surface area contributed by atoms with Crippen LogP contribution in [0.25, 0.3) is 21.8 Å². The Morgan fingerprint density at radius 2 is 1.95 bits per heavy atom. The van der Waals surface area contributed by atoms with Gasteiger partial charge in [-0.1, -0.05) is 18.2 Å². The number of pyridine rings is 1. The van der Waals surface area contributed by atoms with Gasteiger partial charge in [0.2, 0.25) is 5.88 Å². The minimum atomic E-state index is 0.513. The third kappa shape index (κ3) is 1.76. The van der Waals surface area contributed by atoms with Crippen molar-refractivity contribution in [2.45, 2.75) is 13.7 Å². The number of aryl methyl sites for hydroxylation is 1. The molecule has 2 heterocycles. The summed E-state index contributed by atoms with van der Waals surface area (Å²) in [5, 5.41) is 2.34. The molecule has 0 amide bonds. The van der Waals surface area contributed by atoms with E-state index in [0.717, 1.165) is 22.1 Å². The van der Waals surface area contributed by atoms with Crippen LogP contribution in [0.5, 0.6) is 5.88 Å². The molecule has 1 aromatic carbocycles. The van der Waals surface area contributed by atoms with Crippen LogP contribution in [-0.2, 0) is 11.5 Å². The SMILES string of the molecule is COCn1c2ccccc2c2cc(OC)nc(C)c21. The maximum Gasteiger partial charge on any atom is 0.213 e. The number of hydrogen-bond donors (Lipinski definition) is 0. The van der Waals surface area contributed by atoms with Crippen LogP contribution in [0.4, 0.5) is 0 Å². The molecule has 0 aliphatic carbocycles. The van der Waals surface area contributed by atoms with Crippen molar-refractivity contribution in [1.82, 2.24) is 9.55 Å². The molecule has 2 aromatic heterocycles. The van der Waals surface area contributed by atoms with E-state index in [4.69, 9.17) is 9.47 Å². The summed E-state index contributed by atoms with van der Waals surface area (Å²) in [6, 6.07) is 10.3. The number of aromatic nitrogens is 2. The van der Waals surface area contributed by atoms with Crippen LogP contribution in [0.1, 0.15) is 5.69 Å². The summed E-state index contributed by atoms with van der Waals surface area (Å²) in [5.74, 6) is 0.644. The number of para-hydroxylation sites is 1. The van der Waals surface area contributed by atoms with Gasteiger partial charge in [0.05, 0.1) is 23.8 Å². The lowest BCUT2D eigenvalue weighted by atomic mass is 10.2. The topological polar surface area (TPSA) is 36.3 Å². The van der Waals surface area contributed by atoms with Gasteiger partial charge in [0, 0.05) is 23.9 Å². The van der Waals surface area contributed by atoms with Crippen LogP contribution in [0.2, 0.25) is 0 Å². The fraction of sp³-hybridized carbons (Fsp3) is 0.267. The molecule has 0 fully saturated rings. The first-order valence-corrected chi connectivity index (χ1v) is 6.17. The number of fused-ring (bicyclic) bond motifs is 3. The summed E-state index contributed by atoms with van der Waals surface area (Å²) in [6.07, 6.45) is 0. The molecule has 0 radical (unpaired) electrons. The highest BCUT2D eigenvalue weighted by Gasteiger charge is 2.14. The molecule has 0 saturated carbocycles. The zero-order chi connectivity index (χ0) is 13.4. The number of benzene rings is 1. The van der Waals surface area contributed by atoms with Crippen molar-refractivity contribution in [3.8, 4) is 5.88 Å². The molecule has 98 valence electrons. The number of ether oxygens (including phenoxy) is 2. The number of nitrogens with zero attached hydrogens (tertiary/aromatic N) is 2. The lowest BCUT2D eigenvalue weighted by Crippen LogP contribution is -2.01. The first-order valence-electron chi connectivity index (χ1n) is 6.17. The van der Waals surface area contributed by atoms with Crippen molar-refractivity contribution in [3.05, 3.63) is 36.0 Å². The van der Waals surface area contributed by atoms with E-state index in [-0.39, 0.29) is 0 Å². The van der Waals surface area contributed by atoms with Gasteiger partial charge >= 0.3 is 0 Å². The van der Waals surface area contributed by atoms with Crippen molar-refractivity contribution in [1.29, 1.82) is 0 Å². The Hall–Kier alpha value is -2.07. The first kappa shape index (κ1) is 12.0. The van der Waals surface area contributed by atoms with E-state index in [1.165, 1.54) is 5.39 Å². The average Bonchev–Trinajstić information content (AvgIpc) is 2.75. The molecule has 0 bridgehead atoms. The lowest BCUT2D eigenvalue weighted by molar-refractivity contribution is 0.138. The molecule has 0 aliphatic rings. The van der Waals surface area contributed by atoms with Gasteiger partial charge < -0.3 is 14.0 Å². The summed E-state index contributed by atoms with van der Waals surface area (Å²) in [7, 11) is 3.34. The van der Waals surface area contributed by atoms with E-state index in [1.807, 2.05) is 25.1 Å². The highest BCUT2D eigenvalue weighted by atomic mass is 16.5. The largest absolute Gasteiger partial charge is 0.481 e. The Balaban J connectivity index is 2.48. The summed E-state index contributed by atoms with van der Waals surface area (Å²) in [5.41, 5.74) is 3.20. The van der Waals surface area contributed by atoms with E-state index in [9.17, 15) is 0 Å². The van der Waals surface area contributed by atoms with Crippen LogP contribution < -0.4 is 4.74 Å². The highest BCUT2D eigenvalue weighted by molar-refractivity contribution is 6.09. The molecule has 0 saturated heterocycles. The molecule has 0 atom stereocenters. The number of hydrogen-bond acceptors (Lipinski definition) is 3. The summed E-state index contributed by atoms with van der Waals surface area (Å²) in [4.78, 5) is 4.46. The molecule has 3 aromatic rings. The van der Waals surface area contributed by atoms with E-state index in [1.54, 1.807) is 14.2 Å². The summed E-state index contributed by atoms with van der Waals surface area (Å²) >= 11 is 0. The van der Waals surface area contributed by atoms with Gasteiger partial charge in [-0.15, -0.1) is 0 Å². The van der Waals surface area contributed by atoms with Crippen molar-refractivity contribution in [3.63, 3.8) is 0 Å². The van der Waals surface area contributed by atoms with Gasteiger partial charge in [-0.05, 0) is 13.0 Å². The van der Waals surface area contributed by atoms with Crippen LogP contribution >= 0.6 is 0 Å². The predicted molar refractivity (Wildman–Crippen MR) is 75.5 cm³/mol. The molecule has 0 aliphatic heterocycles. The van der Waals surface area contributed by atoms with E-state index in [0.29, 0.717) is 12.6 Å². The maximum atomic E-state index is 5.32. The molecule has 19 heavy (non-hydrogen) atoms. The molecule has 0 spiro atoms. The van der Waals surface area contributed by atoms with E-state index in [2.05, 4.69) is 21.7 Å². The summed E-state index contributed by atoms with van der Waals surface area (Å²) in [6.45, 7) is 2.51. The van der Waals surface area contributed by atoms with Gasteiger partial charge in [-0.25, -0.2) is 4.98 Å². The van der Waals surface area contributed by atoms with Gasteiger partial charge in [0.1, 0.15) is 6.73 Å². The van der Waals surface area contributed by atoms with Crippen LogP contribution in [0.3, 0.4) is 0 Å². The fourth-order valence-corrected chi connectivity index (χ4v) is 2.61. The zero-order valence-corrected chi connectivity index (χ0v) is 11.3. The molecule has 3 rings (SSSR count). The molecule has 0 N–H and O–H groups in total. The molecular weight excluding hydrogens is 240 g/mol. The quantitative estimate of drug-likeness (QED) is 0.722. The molecular formula is C15H16N2O2. The second-order valence-corrected chi connectivity index (χ2v) is 4.51. The van der Waals surface area contributed by atoms with Crippen molar-refractivity contribution in [2.24, 2.45) is 0 Å². The third-order valence-corrected chi connectivity index (χ3v) is 3.37. The second kappa shape index (κ2) is 4.55. The Labute approximate surface area is 111 Å². The number of rotatable bonds is 3. The van der Waals surface area contributed by atoms with Crippen LogP contribution in [0.15, 0.2) is 30.3 Å². The normalized spacial score (nSPS) is 11.3. The van der Waals surface area contributed by atoms with Gasteiger partial charge in [0.15, 0.2) is 0 Å². The Morgan fingerprint density at radius 3 is 2.68 bits per heavy atom. The predicted octanol–water partition coefficient (Wildman–Crippen LogP) is 3.11. The van der Waals surface area contributed by atoms with Crippen LogP contribution in [0, 0.1) is 6.92 Å². The fourth-order valence-electron chi connectivity index (χ4n) is 2.61. The van der Waals surface area contributed by atoms with Gasteiger partial charge in [0.25, 0.3) is 0 Å².